The van der Waals surface area contributed by atoms with Gasteiger partial charge in [0.15, 0.2) is 0 Å². The predicted molar refractivity (Wildman–Crippen MR) is 125 cm³/mol. The van der Waals surface area contributed by atoms with Gasteiger partial charge >= 0.3 is 0 Å². The van der Waals surface area contributed by atoms with Gasteiger partial charge in [0.25, 0.3) is 0 Å². The molecule has 2 fully saturated rings. The van der Waals surface area contributed by atoms with Crippen molar-refractivity contribution in [2.75, 3.05) is 31.1 Å². The number of hydrogen-bond donors (Lipinski definition) is 1. The van der Waals surface area contributed by atoms with E-state index in [0.717, 1.165) is 30.1 Å². The predicted octanol–water partition coefficient (Wildman–Crippen LogP) is 3.89. The molecule has 0 bridgehead atoms. The van der Waals surface area contributed by atoms with E-state index < -0.39 is 11.7 Å². The Kier molecular flexibility index (Phi) is 5.80. The smallest absolute Gasteiger partial charge is 0.230 e. The number of rotatable bonds is 5. The van der Waals surface area contributed by atoms with Crippen molar-refractivity contribution in [2.24, 2.45) is 5.73 Å². The van der Waals surface area contributed by atoms with Crippen molar-refractivity contribution in [3.05, 3.63) is 52.2 Å². The Hall–Kier alpha value is -1.90. The number of piperazine rings is 1. The van der Waals surface area contributed by atoms with Crippen molar-refractivity contribution < 1.29 is 9.18 Å². The first-order chi connectivity index (χ1) is 15.3. The van der Waals surface area contributed by atoms with E-state index in [9.17, 15) is 9.18 Å². The van der Waals surface area contributed by atoms with Crippen LogP contribution in [0.3, 0.4) is 0 Å². The molecule has 0 spiro atoms. The number of halogens is 2. The van der Waals surface area contributed by atoms with E-state index in [4.69, 9.17) is 17.3 Å². The van der Waals surface area contributed by atoms with Crippen molar-refractivity contribution in [3.8, 4) is 0 Å². The fourth-order valence-corrected chi connectivity index (χ4v) is 5.86. The van der Waals surface area contributed by atoms with Crippen LogP contribution in [0.4, 0.5) is 10.2 Å². The molecule has 2 aliphatic heterocycles. The number of thioether (sulfide) groups is 1. The van der Waals surface area contributed by atoms with Gasteiger partial charge in [-0.05, 0) is 43.9 Å². The Bertz CT molecular complexity index is 1040. The lowest BCUT2D eigenvalue weighted by Gasteiger charge is -2.38. The summed E-state index contributed by atoms with van der Waals surface area (Å²) in [4.78, 5) is 26.7. The summed E-state index contributed by atoms with van der Waals surface area (Å²) in [5.41, 5.74) is 9.04. The van der Waals surface area contributed by atoms with Crippen LogP contribution in [0.1, 0.15) is 54.2 Å². The van der Waals surface area contributed by atoms with E-state index in [1.54, 1.807) is 12.4 Å². The minimum absolute atomic E-state index is 0.0138. The second kappa shape index (κ2) is 8.47. The zero-order valence-corrected chi connectivity index (χ0v) is 19.6. The van der Waals surface area contributed by atoms with Crippen LogP contribution in [0, 0.1) is 5.82 Å². The standard InChI is InChI=1S/C23H27ClFN5OS/c1-14-20-19(12-32-14)27-13-28-21(20)29-6-8-30(9-7-29)22(31)16(11-23(26)4-5-23)15-2-3-17(24)18(25)10-15/h2-3,10,13-14,16H,4-9,11-12,26H2,1H3/t14-,16?/m1/s1. The molecule has 9 heteroatoms. The number of carbonyl (C=O) groups is 1. The number of anilines is 1. The van der Waals surface area contributed by atoms with Crippen LogP contribution in [0.25, 0.3) is 0 Å². The average Bonchev–Trinajstić information content (AvgIpc) is 3.41. The molecular weight excluding hydrogens is 449 g/mol. The lowest BCUT2D eigenvalue weighted by molar-refractivity contribution is -0.133. The molecule has 1 aromatic carbocycles. The van der Waals surface area contributed by atoms with Crippen molar-refractivity contribution in [1.29, 1.82) is 0 Å². The summed E-state index contributed by atoms with van der Waals surface area (Å²) in [5, 5.41) is 0.441. The number of nitrogens with zero attached hydrogens (tertiary/aromatic N) is 4. The van der Waals surface area contributed by atoms with Gasteiger partial charge in [-0.1, -0.05) is 17.7 Å². The van der Waals surface area contributed by atoms with Crippen LogP contribution < -0.4 is 10.6 Å². The molecule has 2 atom stereocenters. The van der Waals surface area contributed by atoms with Crippen LogP contribution in [-0.4, -0.2) is 52.5 Å². The van der Waals surface area contributed by atoms with Crippen LogP contribution in [0.15, 0.2) is 24.5 Å². The van der Waals surface area contributed by atoms with Crippen molar-refractivity contribution in [3.63, 3.8) is 0 Å². The van der Waals surface area contributed by atoms with E-state index >= 15 is 0 Å². The van der Waals surface area contributed by atoms with Crippen molar-refractivity contribution in [2.45, 2.75) is 48.6 Å². The first-order valence-corrected chi connectivity index (χ1v) is 12.5. The molecule has 1 unspecified atom stereocenters. The second-order valence-corrected chi connectivity index (χ2v) is 10.9. The topological polar surface area (TPSA) is 75.4 Å². The zero-order valence-electron chi connectivity index (χ0n) is 18.1. The number of amides is 1. The van der Waals surface area contributed by atoms with Crippen LogP contribution in [0.2, 0.25) is 5.02 Å². The van der Waals surface area contributed by atoms with Crippen molar-refractivity contribution >= 4 is 35.1 Å². The molecule has 170 valence electrons. The van der Waals surface area contributed by atoms with E-state index in [1.165, 1.54) is 17.7 Å². The summed E-state index contributed by atoms with van der Waals surface area (Å²) < 4.78 is 14.2. The molecule has 1 aromatic heterocycles. The number of hydrogen-bond acceptors (Lipinski definition) is 6. The second-order valence-electron chi connectivity index (χ2n) is 9.12. The summed E-state index contributed by atoms with van der Waals surface area (Å²) in [6, 6.07) is 4.66. The largest absolute Gasteiger partial charge is 0.353 e. The van der Waals surface area contributed by atoms with Crippen LogP contribution >= 0.6 is 23.4 Å². The summed E-state index contributed by atoms with van der Waals surface area (Å²) in [6.45, 7) is 4.82. The summed E-state index contributed by atoms with van der Waals surface area (Å²) in [5.74, 6) is 0.971. The van der Waals surface area contributed by atoms with E-state index in [2.05, 4.69) is 21.8 Å². The molecule has 1 amide bonds. The number of aromatic nitrogens is 2. The lowest BCUT2D eigenvalue weighted by Crippen LogP contribution is -2.51. The van der Waals surface area contributed by atoms with Crippen LogP contribution in [0.5, 0.6) is 0 Å². The number of carbonyl (C=O) groups excluding carboxylic acids is 1. The average molecular weight is 476 g/mol. The van der Waals surface area contributed by atoms with Gasteiger partial charge in [0.2, 0.25) is 5.91 Å². The molecule has 0 radical (unpaired) electrons. The Balaban J connectivity index is 1.32. The highest BCUT2D eigenvalue weighted by molar-refractivity contribution is 7.99. The van der Waals surface area contributed by atoms with E-state index in [1.807, 2.05) is 16.7 Å². The van der Waals surface area contributed by atoms with Gasteiger partial charge in [-0.15, -0.1) is 11.8 Å². The normalized spacial score (nSPS) is 22.6. The minimum atomic E-state index is -0.502. The molecule has 32 heavy (non-hydrogen) atoms. The molecule has 1 saturated carbocycles. The first-order valence-electron chi connectivity index (χ1n) is 11.1. The molecule has 6 nitrogen and oxygen atoms in total. The summed E-state index contributed by atoms with van der Waals surface area (Å²) >= 11 is 7.75. The van der Waals surface area contributed by atoms with Gasteiger partial charge in [0, 0.05) is 48.3 Å². The monoisotopic (exact) mass is 475 g/mol. The summed E-state index contributed by atoms with van der Waals surface area (Å²) in [6.07, 6.45) is 3.97. The minimum Gasteiger partial charge on any atom is -0.353 e. The molecule has 2 N–H and O–H groups in total. The maximum atomic E-state index is 14.2. The maximum Gasteiger partial charge on any atom is 0.230 e. The van der Waals surface area contributed by atoms with Gasteiger partial charge < -0.3 is 15.5 Å². The molecule has 3 aliphatic rings. The third kappa shape index (κ3) is 4.20. The van der Waals surface area contributed by atoms with Crippen LogP contribution in [-0.2, 0) is 10.5 Å². The third-order valence-corrected chi connectivity index (χ3v) is 8.34. The fraction of sp³-hybridized carbons (Fsp3) is 0.522. The Morgan fingerprint density at radius 2 is 2.06 bits per heavy atom. The number of fused-ring (bicyclic) bond motifs is 1. The Morgan fingerprint density at radius 3 is 2.75 bits per heavy atom. The van der Waals surface area contributed by atoms with Crippen molar-refractivity contribution in [1.82, 2.24) is 14.9 Å². The molecule has 5 rings (SSSR count). The fourth-order valence-electron chi connectivity index (χ4n) is 4.70. The van der Waals surface area contributed by atoms with E-state index in [0.29, 0.717) is 43.4 Å². The molecule has 3 heterocycles. The Labute approximate surface area is 196 Å². The van der Waals surface area contributed by atoms with Gasteiger partial charge in [-0.25, -0.2) is 14.4 Å². The highest BCUT2D eigenvalue weighted by atomic mass is 35.5. The number of benzene rings is 1. The van der Waals surface area contributed by atoms with E-state index in [-0.39, 0.29) is 16.5 Å². The molecule has 1 saturated heterocycles. The number of nitrogens with two attached hydrogens (primary N) is 1. The summed E-state index contributed by atoms with van der Waals surface area (Å²) in [7, 11) is 0. The SMILES string of the molecule is C[C@H]1SCc2ncnc(N3CCN(C(=O)C(CC4(N)CC4)c4ccc(Cl)c(F)c4)CC3)c21. The lowest BCUT2D eigenvalue weighted by atomic mass is 9.89. The quantitative estimate of drug-likeness (QED) is 0.707. The first kappa shape index (κ1) is 21.9. The zero-order chi connectivity index (χ0) is 22.5. The molecule has 2 aromatic rings. The highest BCUT2D eigenvalue weighted by Crippen LogP contribution is 2.44. The van der Waals surface area contributed by atoms with Gasteiger partial charge in [0.1, 0.15) is 18.0 Å². The Morgan fingerprint density at radius 1 is 1.31 bits per heavy atom. The third-order valence-electron chi connectivity index (χ3n) is 6.86. The highest BCUT2D eigenvalue weighted by Gasteiger charge is 2.43. The molecular formula is C23H27ClFN5OS. The van der Waals surface area contributed by atoms with Gasteiger partial charge in [0.05, 0.1) is 16.6 Å². The maximum absolute atomic E-state index is 14.2. The van der Waals surface area contributed by atoms with Gasteiger partial charge in [-0.3, -0.25) is 4.79 Å². The molecule has 1 aliphatic carbocycles. The van der Waals surface area contributed by atoms with Gasteiger partial charge in [-0.2, -0.15) is 0 Å².